The number of hydrogen-bond donors (Lipinski definition) is 2. The van der Waals surface area contributed by atoms with Gasteiger partial charge in [-0.05, 0) is 73.6 Å². The highest BCUT2D eigenvalue weighted by atomic mass is 19.3. The molecule has 7 nitrogen and oxygen atoms in total. The fraction of sp³-hybridized carbons (Fsp3) is 0.429. The number of anilines is 2. The highest BCUT2D eigenvalue weighted by Gasteiger charge is 2.43. The van der Waals surface area contributed by atoms with Crippen LogP contribution in [0.1, 0.15) is 61.4 Å². The quantitative estimate of drug-likeness (QED) is 0.167. The fourth-order valence-corrected chi connectivity index (χ4v) is 4.45. The molecule has 1 saturated carbocycles. The van der Waals surface area contributed by atoms with E-state index >= 15 is 0 Å². The van der Waals surface area contributed by atoms with Crippen molar-refractivity contribution in [1.82, 2.24) is 0 Å². The number of rotatable bonds is 11. The standard InChI is InChI=1S/C28H34F2N2O5/c1-2-3-19-4-9-22(10-5-19)28(29,30)37-25-11-6-20(7-12-25)8-13-26(33)35-14-15-36-27(34)21-16-23(31)18-24(32)17-21/h6-8,11-13,16-19,22H,2-5,9-10,14-15,31-32H2,1H3. The Hall–Kier alpha value is -3.62. The Bertz CT molecular complexity index is 1060. The van der Waals surface area contributed by atoms with Crippen molar-refractivity contribution >= 4 is 29.4 Å². The largest absolute Gasteiger partial charge is 0.459 e. The molecule has 200 valence electrons. The van der Waals surface area contributed by atoms with E-state index in [0.29, 0.717) is 35.7 Å². The minimum atomic E-state index is -3.22. The Morgan fingerprint density at radius 3 is 2.22 bits per heavy atom. The van der Waals surface area contributed by atoms with Crippen LogP contribution in [0, 0.1) is 11.8 Å². The van der Waals surface area contributed by atoms with E-state index in [1.807, 2.05) is 0 Å². The second-order valence-electron chi connectivity index (χ2n) is 9.26. The molecule has 0 heterocycles. The van der Waals surface area contributed by atoms with Gasteiger partial charge in [0.25, 0.3) is 0 Å². The summed E-state index contributed by atoms with van der Waals surface area (Å²) in [5.74, 6) is -1.45. The van der Waals surface area contributed by atoms with Crippen molar-refractivity contribution in [2.75, 3.05) is 24.7 Å². The number of halogens is 2. The summed E-state index contributed by atoms with van der Waals surface area (Å²) in [5, 5.41) is 0. The topological polar surface area (TPSA) is 114 Å². The number of benzene rings is 2. The fourth-order valence-electron chi connectivity index (χ4n) is 4.45. The lowest BCUT2D eigenvalue weighted by Gasteiger charge is -2.33. The predicted molar refractivity (Wildman–Crippen MR) is 138 cm³/mol. The van der Waals surface area contributed by atoms with E-state index in [0.717, 1.165) is 25.7 Å². The Balaban J connectivity index is 1.40. The lowest BCUT2D eigenvalue weighted by molar-refractivity contribution is -0.223. The number of esters is 2. The lowest BCUT2D eigenvalue weighted by atomic mass is 9.79. The third-order valence-corrected chi connectivity index (χ3v) is 6.34. The SMILES string of the molecule is CCCC1CCC(C(F)(F)Oc2ccc(C=CC(=O)OCCOC(=O)c3cc(N)cc(N)c3)cc2)CC1. The average Bonchev–Trinajstić information content (AvgIpc) is 2.86. The molecule has 0 unspecified atom stereocenters. The van der Waals surface area contributed by atoms with Crippen molar-refractivity contribution in [2.24, 2.45) is 11.8 Å². The maximum absolute atomic E-state index is 14.7. The molecule has 1 aliphatic carbocycles. The molecule has 1 aliphatic rings. The molecular weight excluding hydrogens is 482 g/mol. The van der Waals surface area contributed by atoms with Gasteiger partial charge in [-0.25, -0.2) is 9.59 Å². The van der Waals surface area contributed by atoms with Crippen molar-refractivity contribution in [2.45, 2.75) is 51.6 Å². The summed E-state index contributed by atoms with van der Waals surface area (Å²) < 4.78 is 44.4. The summed E-state index contributed by atoms with van der Waals surface area (Å²) in [6.45, 7) is 1.83. The summed E-state index contributed by atoms with van der Waals surface area (Å²) in [4.78, 5) is 23.9. The Kier molecular flexibility index (Phi) is 9.88. The molecule has 4 N–H and O–H groups in total. The molecular formula is C28H34F2N2O5. The minimum absolute atomic E-state index is 0.0733. The zero-order valence-corrected chi connectivity index (χ0v) is 21.0. The van der Waals surface area contributed by atoms with Crippen LogP contribution in [0.4, 0.5) is 20.2 Å². The first-order valence-corrected chi connectivity index (χ1v) is 12.5. The first-order valence-electron chi connectivity index (χ1n) is 12.5. The molecule has 0 bridgehead atoms. The van der Waals surface area contributed by atoms with Crippen molar-refractivity contribution in [3.8, 4) is 5.75 Å². The monoisotopic (exact) mass is 516 g/mol. The first-order chi connectivity index (χ1) is 17.7. The van der Waals surface area contributed by atoms with Crippen LogP contribution >= 0.6 is 0 Å². The summed E-state index contributed by atoms with van der Waals surface area (Å²) in [5.41, 5.74) is 12.8. The zero-order chi connectivity index (χ0) is 26.8. The summed E-state index contributed by atoms with van der Waals surface area (Å²) in [7, 11) is 0. The molecule has 9 heteroatoms. The highest BCUT2D eigenvalue weighted by Crippen LogP contribution is 2.41. The second kappa shape index (κ2) is 13.1. The van der Waals surface area contributed by atoms with Gasteiger partial charge in [0.1, 0.15) is 19.0 Å². The number of nitrogens with two attached hydrogens (primary N) is 2. The predicted octanol–water partition coefficient (Wildman–Crippen LogP) is 5.84. The van der Waals surface area contributed by atoms with Crippen LogP contribution in [0.15, 0.2) is 48.5 Å². The van der Waals surface area contributed by atoms with E-state index in [1.54, 1.807) is 12.1 Å². The third kappa shape index (κ3) is 8.77. The molecule has 0 radical (unpaired) electrons. The second-order valence-corrected chi connectivity index (χ2v) is 9.26. The van der Waals surface area contributed by atoms with Gasteiger partial charge in [0, 0.05) is 17.5 Å². The summed E-state index contributed by atoms with van der Waals surface area (Å²) in [6.07, 6.45) is 4.20. The molecule has 1 fully saturated rings. The molecule has 0 spiro atoms. The van der Waals surface area contributed by atoms with E-state index < -0.39 is 24.0 Å². The number of alkyl halides is 2. The van der Waals surface area contributed by atoms with Crippen molar-refractivity contribution < 1.29 is 32.6 Å². The van der Waals surface area contributed by atoms with Gasteiger partial charge in [0.15, 0.2) is 0 Å². The van der Waals surface area contributed by atoms with E-state index in [-0.39, 0.29) is 24.5 Å². The normalized spacial score (nSPS) is 17.9. The van der Waals surface area contributed by atoms with Gasteiger partial charge < -0.3 is 25.7 Å². The van der Waals surface area contributed by atoms with E-state index in [4.69, 9.17) is 25.7 Å². The van der Waals surface area contributed by atoms with Gasteiger partial charge in [-0.1, -0.05) is 31.9 Å². The van der Waals surface area contributed by atoms with Gasteiger partial charge >= 0.3 is 18.0 Å². The summed E-state index contributed by atoms with van der Waals surface area (Å²) >= 11 is 0. The van der Waals surface area contributed by atoms with Gasteiger partial charge in [0.05, 0.1) is 11.5 Å². The number of carbonyl (C=O) groups is 2. The van der Waals surface area contributed by atoms with Crippen molar-refractivity contribution in [1.29, 1.82) is 0 Å². The van der Waals surface area contributed by atoms with E-state index in [2.05, 4.69) is 6.92 Å². The average molecular weight is 517 g/mol. The van der Waals surface area contributed by atoms with Crippen LogP contribution in [0.25, 0.3) is 6.08 Å². The van der Waals surface area contributed by atoms with Gasteiger partial charge in [-0.2, -0.15) is 8.78 Å². The molecule has 3 rings (SSSR count). The van der Waals surface area contributed by atoms with Crippen molar-refractivity contribution in [3.63, 3.8) is 0 Å². The Morgan fingerprint density at radius 1 is 0.973 bits per heavy atom. The van der Waals surface area contributed by atoms with Crippen molar-refractivity contribution in [3.05, 3.63) is 59.7 Å². The zero-order valence-electron chi connectivity index (χ0n) is 21.0. The smallest absolute Gasteiger partial charge is 0.400 e. The van der Waals surface area contributed by atoms with Gasteiger partial charge in [-0.15, -0.1) is 0 Å². The van der Waals surface area contributed by atoms with E-state index in [9.17, 15) is 18.4 Å². The van der Waals surface area contributed by atoms with Crippen LogP contribution in [-0.4, -0.2) is 31.3 Å². The molecule has 0 aromatic heterocycles. The van der Waals surface area contributed by atoms with Crippen LogP contribution < -0.4 is 16.2 Å². The van der Waals surface area contributed by atoms with Crippen LogP contribution in [0.5, 0.6) is 5.75 Å². The minimum Gasteiger partial charge on any atom is -0.459 e. The molecule has 2 aromatic carbocycles. The van der Waals surface area contributed by atoms with Crippen LogP contribution in [0.3, 0.4) is 0 Å². The molecule has 37 heavy (non-hydrogen) atoms. The lowest BCUT2D eigenvalue weighted by Crippen LogP contribution is -2.37. The Labute approximate surface area is 215 Å². The van der Waals surface area contributed by atoms with E-state index in [1.165, 1.54) is 42.5 Å². The molecule has 0 amide bonds. The van der Waals surface area contributed by atoms with Gasteiger partial charge in [-0.3, -0.25) is 0 Å². The highest BCUT2D eigenvalue weighted by molar-refractivity contribution is 5.91. The Morgan fingerprint density at radius 2 is 1.59 bits per heavy atom. The maximum atomic E-state index is 14.7. The molecule has 0 aliphatic heterocycles. The van der Waals surface area contributed by atoms with Gasteiger partial charge in [0.2, 0.25) is 0 Å². The summed E-state index contributed by atoms with van der Waals surface area (Å²) in [6, 6.07) is 10.4. The number of nitrogen functional groups attached to an aromatic ring is 2. The first kappa shape index (κ1) is 28.0. The molecule has 0 saturated heterocycles. The number of carbonyl (C=O) groups excluding carboxylic acids is 2. The van der Waals surface area contributed by atoms with Crippen LogP contribution in [0.2, 0.25) is 0 Å². The third-order valence-electron chi connectivity index (χ3n) is 6.34. The molecule has 2 aromatic rings. The molecule has 0 atom stereocenters. The van der Waals surface area contributed by atoms with Crippen LogP contribution in [-0.2, 0) is 14.3 Å². The maximum Gasteiger partial charge on any atom is 0.400 e. The number of ether oxygens (including phenoxy) is 3. The number of hydrogen-bond acceptors (Lipinski definition) is 7.